The highest BCUT2D eigenvalue weighted by molar-refractivity contribution is 5.67. The maximum absolute atomic E-state index is 9.46. The smallest absolute Gasteiger partial charge is 0.133 e. The molecule has 0 aliphatic rings. The zero-order chi connectivity index (χ0) is 19.6. The van der Waals surface area contributed by atoms with E-state index >= 15 is 0 Å². The molecule has 3 rings (SSSR count). The van der Waals surface area contributed by atoms with E-state index in [1.807, 2.05) is 43.4 Å². The Kier molecular flexibility index (Phi) is 7.21. The average molecular weight is 374 g/mol. The van der Waals surface area contributed by atoms with Gasteiger partial charge >= 0.3 is 0 Å². The number of hydrogen-bond acceptors (Lipinski definition) is 4. The normalized spacial score (nSPS) is 11.4. The third-order valence-corrected chi connectivity index (χ3v) is 4.45. The van der Waals surface area contributed by atoms with Crippen LogP contribution in [0.5, 0.6) is 11.5 Å². The summed E-state index contributed by atoms with van der Waals surface area (Å²) in [6.45, 7) is 1.49. The monoisotopic (exact) mass is 374 g/mol. The Bertz CT molecular complexity index is 873. The van der Waals surface area contributed by atoms with E-state index in [0.29, 0.717) is 6.61 Å². The zero-order valence-electron chi connectivity index (χ0n) is 16.1. The lowest BCUT2D eigenvalue weighted by Gasteiger charge is -2.09. The summed E-state index contributed by atoms with van der Waals surface area (Å²) in [5, 5.41) is 12.5. The number of pyridine rings is 1. The second-order valence-corrected chi connectivity index (χ2v) is 6.58. The summed E-state index contributed by atoms with van der Waals surface area (Å²) in [6, 6.07) is 22.1. The maximum atomic E-state index is 9.46. The second-order valence-electron chi connectivity index (χ2n) is 6.58. The number of benzene rings is 2. The molecule has 0 bridgehead atoms. The molecule has 1 heterocycles. The molecule has 0 amide bonds. The van der Waals surface area contributed by atoms with Crippen molar-refractivity contribution in [2.45, 2.75) is 12.8 Å². The van der Waals surface area contributed by atoms with Crippen molar-refractivity contribution < 1.29 is 9.84 Å². The Balaban J connectivity index is 1.72. The highest BCUT2D eigenvalue weighted by Crippen LogP contribution is 2.21. The van der Waals surface area contributed by atoms with E-state index in [1.54, 1.807) is 6.07 Å². The van der Waals surface area contributed by atoms with Crippen molar-refractivity contribution in [2.75, 3.05) is 20.2 Å². The standard InChI is InChI=1S/C24H26N2O2/c1-25-15-16-28-24-13-8-19(9-14-24)7-10-21(20-5-3-2-4-6-20)17-22-11-12-23(27)18-26-22/h2-6,8-14,18,25,27H,7,15-17H2,1H3. The van der Waals surface area contributed by atoms with Crippen molar-refractivity contribution in [3.8, 4) is 11.5 Å². The van der Waals surface area contributed by atoms with E-state index in [1.165, 1.54) is 22.9 Å². The third-order valence-electron chi connectivity index (χ3n) is 4.45. The molecule has 2 aromatic carbocycles. The van der Waals surface area contributed by atoms with Gasteiger partial charge in [-0.05, 0) is 54.4 Å². The second kappa shape index (κ2) is 10.3. The van der Waals surface area contributed by atoms with Gasteiger partial charge in [-0.3, -0.25) is 4.98 Å². The van der Waals surface area contributed by atoms with E-state index in [0.717, 1.165) is 30.8 Å². The van der Waals surface area contributed by atoms with Crippen LogP contribution in [0.3, 0.4) is 0 Å². The van der Waals surface area contributed by atoms with E-state index in [-0.39, 0.29) is 5.75 Å². The van der Waals surface area contributed by atoms with Crippen LogP contribution in [0.15, 0.2) is 79.0 Å². The first-order valence-corrected chi connectivity index (χ1v) is 9.49. The average Bonchev–Trinajstić information content (AvgIpc) is 2.74. The number of aromatic hydroxyl groups is 1. The molecule has 4 nitrogen and oxygen atoms in total. The van der Waals surface area contributed by atoms with Gasteiger partial charge in [-0.2, -0.15) is 0 Å². The molecule has 0 aliphatic heterocycles. The van der Waals surface area contributed by atoms with Gasteiger partial charge in [0.15, 0.2) is 0 Å². The van der Waals surface area contributed by atoms with Crippen LogP contribution in [-0.4, -0.2) is 30.3 Å². The summed E-state index contributed by atoms with van der Waals surface area (Å²) in [7, 11) is 1.91. The summed E-state index contributed by atoms with van der Waals surface area (Å²) in [4.78, 5) is 4.33. The number of aromatic nitrogens is 1. The van der Waals surface area contributed by atoms with Gasteiger partial charge in [-0.15, -0.1) is 0 Å². The van der Waals surface area contributed by atoms with Gasteiger partial charge in [-0.25, -0.2) is 0 Å². The minimum absolute atomic E-state index is 0.186. The quantitative estimate of drug-likeness (QED) is 0.550. The number of nitrogens with one attached hydrogen (secondary N) is 1. The van der Waals surface area contributed by atoms with Crippen LogP contribution in [0.25, 0.3) is 5.57 Å². The number of hydrogen-bond donors (Lipinski definition) is 2. The maximum Gasteiger partial charge on any atom is 0.133 e. The van der Waals surface area contributed by atoms with Crippen molar-refractivity contribution >= 4 is 5.57 Å². The SMILES string of the molecule is CNCCOc1ccc(CC=C(Cc2ccc(O)cn2)c2ccccc2)cc1. The molecular formula is C24H26N2O2. The molecule has 1 aromatic heterocycles. The predicted octanol–water partition coefficient (Wildman–Crippen LogP) is 4.25. The van der Waals surface area contributed by atoms with Crippen molar-refractivity contribution in [3.63, 3.8) is 0 Å². The Morgan fingerprint density at radius 1 is 1.04 bits per heavy atom. The molecule has 0 unspecified atom stereocenters. The lowest BCUT2D eigenvalue weighted by atomic mass is 9.98. The Hall–Kier alpha value is -3.11. The fourth-order valence-corrected chi connectivity index (χ4v) is 2.89. The van der Waals surface area contributed by atoms with E-state index in [9.17, 15) is 5.11 Å². The first-order chi connectivity index (χ1) is 13.7. The van der Waals surface area contributed by atoms with E-state index in [2.05, 4.69) is 40.6 Å². The van der Waals surface area contributed by atoms with Gasteiger partial charge in [0, 0.05) is 18.7 Å². The first-order valence-electron chi connectivity index (χ1n) is 9.49. The van der Waals surface area contributed by atoms with Crippen molar-refractivity contribution in [3.05, 3.63) is 95.8 Å². The summed E-state index contributed by atoms with van der Waals surface area (Å²) in [5.41, 5.74) is 4.56. The van der Waals surface area contributed by atoms with Gasteiger partial charge in [-0.1, -0.05) is 48.5 Å². The topological polar surface area (TPSA) is 54.4 Å². The van der Waals surface area contributed by atoms with Crippen molar-refractivity contribution in [2.24, 2.45) is 0 Å². The molecule has 0 saturated carbocycles. The molecule has 4 heteroatoms. The fourth-order valence-electron chi connectivity index (χ4n) is 2.89. The van der Waals surface area contributed by atoms with Crippen molar-refractivity contribution in [1.82, 2.24) is 10.3 Å². The minimum atomic E-state index is 0.186. The lowest BCUT2D eigenvalue weighted by molar-refractivity contribution is 0.318. The molecule has 0 fully saturated rings. The number of allylic oxidation sites excluding steroid dienone is 2. The van der Waals surface area contributed by atoms with Crippen LogP contribution in [0.4, 0.5) is 0 Å². The molecular weight excluding hydrogens is 348 g/mol. The molecule has 3 aromatic rings. The summed E-state index contributed by atoms with van der Waals surface area (Å²) in [5.74, 6) is 1.07. The molecule has 144 valence electrons. The molecule has 0 radical (unpaired) electrons. The van der Waals surface area contributed by atoms with Gasteiger partial charge in [0.05, 0.1) is 6.20 Å². The van der Waals surface area contributed by atoms with E-state index < -0.39 is 0 Å². The van der Waals surface area contributed by atoms with Crippen molar-refractivity contribution in [1.29, 1.82) is 0 Å². The molecule has 0 atom stereocenters. The van der Waals surface area contributed by atoms with Crippen LogP contribution in [-0.2, 0) is 12.8 Å². The largest absolute Gasteiger partial charge is 0.506 e. The van der Waals surface area contributed by atoms with Gasteiger partial charge in [0.25, 0.3) is 0 Å². The van der Waals surface area contributed by atoms with Crippen LogP contribution < -0.4 is 10.1 Å². The van der Waals surface area contributed by atoms with Gasteiger partial charge in [0.2, 0.25) is 0 Å². The molecule has 28 heavy (non-hydrogen) atoms. The number of likely N-dealkylation sites (N-methyl/N-ethyl adjacent to an activating group) is 1. The highest BCUT2D eigenvalue weighted by Gasteiger charge is 2.05. The van der Waals surface area contributed by atoms with Crippen LogP contribution in [0.1, 0.15) is 16.8 Å². The first kappa shape index (κ1) is 19.6. The third kappa shape index (κ3) is 5.96. The fraction of sp³-hybridized carbons (Fsp3) is 0.208. The molecule has 0 spiro atoms. The Morgan fingerprint density at radius 3 is 2.50 bits per heavy atom. The highest BCUT2D eigenvalue weighted by atomic mass is 16.5. The number of rotatable bonds is 9. The molecule has 0 saturated heterocycles. The minimum Gasteiger partial charge on any atom is -0.506 e. The van der Waals surface area contributed by atoms with Crippen LogP contribution in [0.2, 0.25) is 0 Å². The van der Waals surface area contributed by atoms with Gasteiger partial charge < -0.3 is 15.2 Å². The molecule has 0 aliphatic carbocycles. The van der Waals surface area contributed by atoms with Crippen LogP contribution in [0, 0.1) is 0 Å². The zero-order valence-corrected chi connectivity index (χ0v) is 16.1. The number of ether oxygens (including phenoxy) is 1. The lowest BCUT2D eigenvalue weighted by Crippen LogP contribution is -2.15. The summed E-state index contributed by atoms with van der Waals surface area (Å²) >= 11 is 0. The Labute approximate surface area is 166 Å². The van der Waals surface area contributed by atoms with E-state index in [4.69, 9.17) is 4.74 Å². The summed E-state index contributed by atoms with van der Waals surface area (Å²) in [6.07, 6.45) is 5.29. The Morgan fingerprint density at radius 2 is 1.82 bits per heavy atom. The van der Waals surface area contributed by atoms with Gasteiger partial charge in [0.1, 0.15) is 18.1 Å². The summed E-state index contributed by atoms with van der Waals surface area (Å²) < 4.78 is 5.68. The van der Waals surface area contributed by atoms with Crippen LogP contribution >= 0.6 is 0 Å². The predicted molar refractivity (Wildman–Crippen MR) is 114 cm³/mol. The number of nitrogens with zero attached hydrogens (tertiary/aromatic N) is 1. The molecule has 2 N–H and O–H groups in total.